The number of nitrogens with zero attached hydrogens (tertiary/aromatic N) is 3. The lowest BCUT2D eigenvalue weighted by Gasteiger charge is -2.07. The number of benzene rings is 1. The van der Waals surface area contributed by atoms with Crippen LogP contribution in [0.2, 0.25) is 0 Å². The molecule has 0 aliphatic carbocycles. The summed E-state index contributed by atoms with van der Waals surface area (Å²) in [7, 11) is 1.21. The minimum absolute atomic E-state index is 0.0770. The first kappa shape index (κ1) is 15.9. The number of anilines is 2. The number of fused-ring (bicyclic) bond motifs is 1. The maximum atomic E-state index is 11.0. The van der Waals surface area contributed by atoms with Crippen LogP contribution < -0.4 is 10.0 Å². The van der Waals surface area contributed by atoms with Crippen molar-refractivity contribution in [1.82, 2.24) is 15.0 Å². The van der Waals surface area contributed by atoms with Crippen molar-refractivity contribution in [3.05, 3.63) is 41.0 Å². The van der Waals surface area contributed by atoms with Gasteiger partial charge in [0.2, 0.25) is 5.95 Å². The van der Waals surface area contributed by atoms with E-state index < -0.39 is 9.24 Å². The van der Waals surface area contributed by atoms with Crippen LogP contribution >= 0.6 is 22.0 Å². The van der Waals surface area contributed by atoms with E-state index in [0.717, 1.165) is 15.2 Å². The Labute approximate surface area is 141 Å². The number of nitrogens with one attached hydrogen (secondary N) is 2. The van der Waals surface area contributed by atoms with E-state index in [0.29, 0.717) is 18.1 Å². The average Bonchev–Trinajstić information content (AvgIpc) is 2.85. The van der Waals surface area contributed by atoms with Crippen molar-refractivity contribution >= 4 is 53.2 Å². The molecule has 3 aromatic rings. The van der Waals surface area contributed by atoms with E-state index in [2.05, 4.69) is 20.3 Å². The molecule has 0 unspecified atom stereocenters. The van der Waals surface area contributed by atoms with Crippen LogP contribution in [0, 0.1) is 6.92 Å². The lowest BCUT2D eigenvalue weighted by molar-refractivity contribution is 0.614. The smallest absolute Gasteiger partial charge is 0.321 e. The fraction of sp³-hybridized carbons (Fsp3) is 0.154. The normalized spacial score (nSPS) is 11.6. The van der Waals surface area contributed by atoms with Crippen molar-refractivity contribution in [2.75, 3.05) is 10.0 Å². The Balaban J connectivity index is 1.77. The van der Waals surface area contributed by atoms with Gasteiger partial charge in [-0.2, -0.15) is 13.4 Å². The zero-order valence-electron chi connectivity index (χ0n) is 11.9. The van der Waals surface area contributed by atoms with Gasteiger partial charge >= 0.3 is 9.24 Å². The second kappa shape index (κ2) is 6.26. The summed E-state index contributed by atoms with van der Waals surface area (Å²) in [5.74, 6) is 0.409. The molecule has 0 spiro atoms. The number of hydrogen-bond acceptors (Lipinski definition) is 7. The van der Waals surface area contributed by atoms with Gasteiger partial charge < -0.3 is 5.32 Å². The lowest BCUT2D eigenvalue weighted by Crippen LogP contribution is -2.10. The Morgan fingerprint density at radius 1 is 1.22 bits per heavy atom. The Kier molecular flexibility index (Phi) is 4.33. The van der Waals surface area contributed by atoms with E-state index in [9.17, 15) is 8.42 Å². The second-order valence-electron chi connectivity index (χ2n) is 4.69. The van der Waals surface area contributed by atoms with Gasteiger partial charge in [0.15, 0.2) is 0 Å². The summed E-state index contributed by atoms with van der Waals surface area (Å²) in [6.45, 7) is 2.21. The lowest BCUT2D eigenvalue weighted by atomic mass is 10.3. The Bertz CT molecular complexity index is 925. The molecule has 0 fully saturated rings. The van der Waals surface area contributed by atoms with E-state index >= 15 is 0 Å². The molecule has 0 radical (unpaired) electrons. The molecular formula is C13H12ClN5O2S2. The molecule has 1 aromatic carbocycles. The van der Waals surface area contributed by atoms with Crippen molar-refractivity contribution in [2.24, 2.45) is 0 Å². The van der Waals surface area contributed by atoms with Crippen LogP contribution in [0.5, 0.6) is 0 Å². The minimum atomic E-state index is -3.94. The molecule has 0 saturated heterocycles. The van der Waals surface area contributed by atoms with Crippen LogP contribution in [0.1, 0.15) is 10.7 Å². The van der Waals surface area contributed by atoms with Crippen molar-refractivity contribution in [3.8, 4) is 0 Å². The molecule has 0 atom stereocenters. The summed E-state index contributed by atoms with van der Waals surface area (Å²) in [5.41, 5.74) is 1.55. The van der Waals surface area contributed by atoms with Crippen LogP contribution in [-0.2, 0) is 15.8 Å². The number of para-hydroxylation sites is 1. The predicted molar refractivity (Wildman–Crippen MR) is 92.1 cm³/mol. The van der Waals surface area contributed by atoms with E-state index in [-0.39, 0.29) is 5.95 Å². The van der Waals surface area contributed by atoms with Gasteiger partial charge in [0.25, 0.3) is 0 Å². The van der Waals surface area contributed by atoms with Crippen molar-refractivity contribution < 1.29 is 8.42 Å². The second-order valence-corrected chi connectivity index (χ2v) is 8.10. The minimum Gasteiger partial charge on any atom is -0.363 e. The van der Waals surface area contributed by atoms with E-state index in [1.807, 2.05) is 29.0 Å². The Morgan fingerprint density at radius 2 is 2.00 bits per heavy atom. The SMILES string of the molecule is Cc1cc(NCc2nc3ccccc3s2)nc(NS(=O)(=O)Cl)n1. The fourth-order valence-electron chi connectivity index (χ4n) is 1.98. The summed E-state index contributed by atoms with van der Waals surface area (Å²) >= 11 is 1.59. The van der Waals surface area contributed by atoms with Crippen molar-refractivity contribution in [1.29, 1.82) is 0 Å². The molecule has 23 heavy (non-hydrogen) atoms. The van der Waals surface area contributed by atoms with E-state index in [4.69, 9.17) is 10.7 Å². The van der Waals surface area contributed by atoms with Crippen LogP contribution in [-0.4, -0.2) is 23.4 Å². The molecule has 3 rings (SSSR count). The van der Waals surface area contributed by atoms with Crippen LogP contribution in [0.25, 0.3) is 10.2 Å². The van der Waals surface area contributed by atoms with Crippen LogP contribution in [0.4, 0.5) is 11.8 Å². The number of aromatic nitrogens is 3. The summed E-state index contributed by atoms with van der Waals surface area (Å²) in [6, 6.07) is 9.59. The van der Waals surface area contributed by atoms with Crippen molar-refractivity contribution in [3.63, 3.8) is 0 Å². The maximum absolute atomic E-state index is 11.0. The predicted octanol–water partition coefficient (Wildman–Crippen LogP) is 2.90. The highest BCUT2D eigenvalue weighted by molar-refractivity contribution is 8.14. The van der Waals surface area contributed by atoms with Gasteiger partial charge in [-0.1, -0.05) is 12.1 Å². The Morgan fingerprint density at radius 3 is 2.74 bits per heavy atom. The van der Waals surface area contributed by atoms with E-state index in [1.54, 1.807) is 24.3 Å². The molecule has 0 aliphatic rings. The molecule has 0 amide bonds. The molecule has 0 aliphatic heterocycles. The quantitative estimate of drug-likeness (QED) is 0.671. The molecule has 0 saturated carbocycles. The summed E-state index contributed by atoms with van der Waals surface area (Å²) < 4.78 is 25.2. The first-order valence-corrected chi connectivity index (χ1v) is 9.68. The molecule has 10 heteroatoms. The monoisotopic (exact) mass is 369 g/mol. The van der Waals surface area contributed by atoms with Crippen LogP contribution in [0.3, 0.4) is 0 Å². The fourth-order valence-corrected chi connectivity index (χ4v) is 3.40. The first-order valence-electron chi connectivity index (χ1n) is 6.55. The molecule has 2 N–H and O–H groups in total. The van der Waals surface area contributed by atoms with Gasteiger partial charge in [-0.15, -0.1) is 11.3 Å². The van der Waals surface area contributed by atoms with Gasteiger partial charge in [0.05, 0.1) is 16.8 Å². The maximum Gasteiger partial charge on any atom is 0.321 e. The molecular weight excluding hydrogens is 358 g/mol. The topological polar surface area (TPSA) is 96.9 Å². The van der Waals surface area contributed by atoms with Gasteiger partial charge in [-0.25, -0.2) is 14.7 Å². The number of hydrogen-bond donors (Lipinski definition) is 2. The third-order valence-corrected chi connectivity index (χ3v) is 4.52. The Hall–Kier alpha value is -1.97. The first-order chi connectivity index (χ1) is 10.9. The molecule has 2 aromatic heterocycles. The van der Waals surface area contributed by atoms with Gasteiger partial charge in [-0.05, 0) is 19.1 Å². The highest BCUT2D eigenvalue weighted by Crippen LogP contribution is 2.22. The third kappa shape index (κ3) is 4.27. The standard InChI is InChI=1S/C13H12ClN5O2S2/c1-8-6-11(18-13(16-8)19-23(14,20)21)15-7-12-17-9-4-2-3-5-10(9)22-12/h2-6H,7H2,1H3,(H2,15,16,18,19). The number of aryl methyl sites for hydroxylation is 1. The van der Waals surface area contributed by atoms with Crippen LogP contribution in [0.15, 0.2) is 30.3 Å². The zero-order chi connectivity index (χ0) is 16.4. The van der Waals surface area contributed by atoms with Crippen molar-refractivity contribution in [2.45, 2.75) is 13.5 Å². The van der Waals surface area contributed by atoms with Gasteiger partial charge in [0, 0.05) is 22.4 Å². The number of rotatable bonds is 5. The highest BCUT2D eigenvalue weighted by Gasteiger charge is 2.10. The number of halogens is 1. The largest absolute Gasteiger partial charge is 0.363 e. The van der Waals surface area contributed by atoms with Gasteiger partial charge in [-0.3, -0.25) is 0 Å². The zero-order valence-corrected chi connectivity index (χ0v) is 14.3. The highest BCUT2D eigenvalue weighted by atomic mass is 35.7. The molecule has 0 bridgehead atoms. The summed E-state index contributed by atoms with van der Waals surface area (Å²) in [5, 5.41) is 4.01. The third-order valence-electron chi connectivity index (χ3n) is 2.83. The summed E-state index contributed by atoms with van der Waals surface area (Å²) in [6.07, 6.45) is 0. The van der Waals surface area contributed by atoms with Gasteiger partial charge in [0.1, 0.15) is 10.8 Å². The number of thiazole rings is 1. The molecule has 2 heterocycles. The summed E-state index contributed by atoms with van der Waals surface area (Å²) in [4.78, 5) is 12.5. The molecule has 120 valence electrons. The molecule has 7 nitrogen and oxygen atoms in total. The average molecular weight is 370 g/mol. The van der Waals surface area contributed by atoms with E-state index in [1.165, 1.54) is 0 Å².